The molecule has 0 spiro atoms. The number of hydrogen-bond donors (Lipinski definition) is 1. The zero-order valence-electron chi connectivity index (χ0n) is 12.0. The molecule has 0 unspecified atom stereocenters. The van der Waals surface area contributed by atoms with Gasteiger partial charge in [-0.1, -0.05) is 12.1 Å². The molecule has 22 heavy (non-hydrogen) atoms. The Hall–Kier alpha value is -2.10. The van der Waals surface area contributed by atoms with Crippen LogP contribution in [0.3, 0.4) is 0 Å². The Morgan fingerprint density at radius 3 is 2.82 bits per heavy atom. The number of carbonyl (C=O) groups excluding carboxylic acids is 1. The minimum absolute atomic E-state index is 0.128. The number of anilines is 1. The molecular weight excluding hydrogens is 346 g/mol. The number of para-hydroxylation sites is 1. The van der Waals surface area contributed by atoms with Crippen LogP contribution in [0.4, 0.5) is 5.69 Å². The van der Waals surface area contributed by atoms with Gasteiger partial charge in [0.15, 0.2) is 0 Å². The summed E-state index contributed by atoms with van der Waals surface area (Å²) in [4.78, 5) is 14.1. The van der Waals surface area contributed by atoms with Crippen molar-refractivity contribution in [3.63, 3.8) is 0 Å². The summed E-state index contributed by atoms with van der Waals surface area (Å²) in [6, 6.07) is 13.2. The summed E-state index contributed by atoms with van der Waals surface area (Å²) in [5.74, 6) is 0.642. The predicted molar refractivity (Wildman–Crippen MR) is 87.0 cm³/mol. The molecule has 1 aromatic carbocycles. The molecule has 0 aliphatic heterocycles. The number of halogens is 1. The highest BCUT2D eigenvalue weighted by atomic mass is 79.9. The molecule has 1 amide bonds. The number of furan rings is 1. The smallest absolute Gasteiger partial charge is 0.238 e. The van der Waals surface area contributed by atoms with E-state index in [0.717, 1.165) is 15.9 Å². The minimum Gasteiger partial charge on any atom is -0.468 e. The van der Waals surface area contributed by atoms with Crippen LogP contribution in [0, 0.1) is 11.3 Å². The number of nitrogens with one attached hydrogen (secondary N) is 1. The largest absolute Gasteiger partial charge is 0.468 e. The van der Waals surface area contributed by atoms with Crippen LogP contribution in [-0.4, -0.2) is 23.9 Å². The average molecular weight is 362 g/mol. The van der Waals surface area contributed by atoms with Gasteiger partial charge in [-0.3, -0.25) is 9.69 Å². The Labute approximate surface area is 137 Å². The van der Waals surface area contributed by atoms with Crippen LogP contribution in [0.15, 0.2) is 51.6 Å². The van der Waals surface area contributed by atoms with Crippen LogP contribution in [0.1, 0.15) is 12.2 Å². The van der Waals surface area contributed by atoms with E-state index < -0.39 is 0 Å². The summed E-state index contributed by atoms with van der Waals surface area (Å²) in [5.41, 5.74) is 0.728. The van der Waals surface area contributed by atoms with Crippen molar-refractivity contribution in [1.29, 1.82) is 5.26 Å². The molecule has 2 rings (SSSR count). The molecule has 0 radical (unpaired) electrons. The van der Waals surface area contributed by atoms with Crippen molar-refractivity contribution in [2.75, 3.05) is 18.4 Å². The molecule has 114 valence electrons. The first-order valence-corrected chi connectivity index (χ1v) is 7.64. The van der Waals surface area contributed by atoms with Gasteiger partial charge >= 0.3 is 0 Å². The molecule has 2 aromatic rings. The van der Waals surface area contributed by atoms with E-state index in [-0.39, 0.29) is 12.5 Å². The lowest BCUT2D eigenvalue weighted by Crippen LogP contribution is -2.33. The number of nitriles is 1. The van der Waals surface area contributed by atoms with E-state index in [0.29, 0.717) is 19.5 Å². The molecule has 0 aliphatic rings. The van der Waals surface area contributed by atoms with Crippen LogP contribution in [0.25, 0.3) is 0 Å². The topological polar surface area (TPSA) is 69.3 Å². The third kappa shape index (κ3) is 5.02. The Kier molecular flexibility index (Phi) is 6.19. The zero-order valence-corrected chi connectivity index (χ0v) is 13.5. The van der Waals surface area contributed by atoms with Gasteiger partial charge in [0.1, 0.15) is 5.76 Å². The van der Waals surface area contributed by atoms with Crippen molar-refractivity contribution in [1.82, 2.24) is 4.90 Å². The highest BCUT2D eigenvalue weighted by Gasteiger charge is 2.13. The van der Waals surface area contributed by atoms with E-state index in [1.54, 1.807) is 12.3 Å². The molecule has 0 aliphatic carbocycles. The van der Waals surface area contributed by atoms with Gasteiger partial charge < -0.3 is 9.73 Å². The molecule has 0 saturated carbocycles. The van der Waals surface area contributed by atoms with Gasteiger partial charge in [-0.05, 0) is 40.2 Å². The first-order chi connectivity index (χ1) is 10.7. The fourth-order valence-electron chi connectivity index (χ4n) is 2.00. The van der Waals surface area contributed by atoms with Crippen molar-refractivity contribution in [3.8, 4) is 6.07 Å². The molecule has 6 heteroatoms. The van der Waals surface area contributed by atoms with Crippen molar-refractivity contribution in [2.24, 2.45) is 0 Å². The fraction of sp³-hybridized carbons (Fsp3) is 0.250. The van der Waals surface area contributed by atoms with E-state index in [4.69, 9.17) is 9.68 Å². The van der Waals surface area contributed by atoms with E-state index in [1.807, 2.05) is 35.2 Å². The van der Waals surface area contributed by atoms with Crippen LogP contribution >= 0.6 is 15.9 Å². The first kappa shape index (κ1) is 16.3. The molecule has 1 aromatic heterocycles. The van der Waals surface area contributed by atoms with E-state index in [2.05, 4.69) is 27.3 Å². The maximum Gasteiger partial charge on any atom is 0.238 e. The van der Waals surface area contributed by atoms with E-state index in [1.165, 1.54) is 0 Å². The molecule has 0 atom stereocenters. The maximum atomic E-state index is 12.2. The number of carbonyl (C=O) groups is 1. The van der Waals surface area contributed by atoms with Gasteiger partial charge in [0.25, 0.3) is 0 Å². The predicted octanol–water partition coefficient (Wildman–Crippen LogP) is 3.40. The fourth-order valence-corrected chi connectivity index (χ4v) is 2.38. The highest BCUT2D eigenvalue weighted by Crippen LogP contribution is 2.21. The number of hydrogen-bond acceptors (Lipinski definition) is 4. The molecule has 0 fully saturated rings. The van der Waals surface area contributed by atoms with Crippen molar-refractivity contribution in [2.45, 2.75) is 13.0 Å². The molecule has 0 saturated heterocycles. The normalized spacial score (nSPS) is 10.4. The second kappa shape index (κ2) is 8.37. The third-order valence-electron chi connectivity index (χ3n) is 3.01. The van der Waals surface area contributed by atoms with Crippen molar-refractivity contribution >= 4 is 27.5 Å². The standard InChI is InChI=1S/C16H16BrN3O2/c17-14-6-1-2-7-15(14)19-16(21)12-20(9-4-8-18)11-13-5-3-10-22-13/h1-3,5-7,10H,4,9,11-12H2,(H,19,21). The lowest BCUT2D eigenvalue weighted by Gasteiger charge is -2.19. The number of amides is 1. The summed E-state index contributed by atoms with van der Waals surface area (Å²) >= 11 is 3.40. The summed E-state index contributed by atoms with van der Waals surface area (Å²) < 4.78 is 6.13. The molecule has 1 heterocycles. The zero-order chi connectivity index (χ0) is 15.8. The molecule has 1 N–H and O–H groups in total. The first-order valence-electron chi connectivity index (χ1n) is 6.85. The van der Waals surface area contributed by atoms with Gasteiger partial charge in [-0.15, -0.1) is 0 Å². The Morgan fingerprint density at radius 2 is 2.14 bits per heavy atom. The Balaban J connectivity index is 1.95. The summed E-state index contributed by atoms with van der Waals surface area (Å²) in [7, 11) is 0. The van der Waals surface area contributed by atoms with Gasteiger partial charge in [-0.25, -0.2) is 0 Å². The molecular formula is C16H16BrN3O2. The maximum absolute atomic E-state index is 12.2. The summed E-state index contributed by atoms with van der Waals surface area (Å²) in [6.07, 6.45) is 1.96. The van der Waals surface area contributed by atoms with Crippen LogP contribution in [-0.2, 0) is 11.3 Å². The van der Waals surface area contributed by atoms with E-state index >= 15 is 0 Å². The van der Waals surface area contributed by atoms with Gasteiger partial charge in [0, 0.05) is 17.4 Å². The lowest BCUT2D eigenvalue weighted by atomic mass is 10.3. The Bertz CT molecular complexity index is 650. The van der Waals surface area contributed by atoms with Gasteiger partial charge in [0.2, 0.25) is 5.91 Å². The summed E-state index contributed by atoms with van der Waals surface area (Å²) in [5, 5.41) is 11.6. The molecule has 0 bridgehead atoms. The average Bonchev–Trinajstić information content (AvgIpc) is 3.00. The molecule has 5 nitrogen and oxygen atoms in total. The van der Waals surface area contributed by atoms with Crippen LogP contribution in [0.5, 0.6) is 0 Å². The Morgan fingerprint density at radius 1 is 1.32 bits per heavy atom. The number of nitrogens with zero attached hydrogens (tertiary/aromatic N) is 2. The monoisotopic (exact) mass is 361 g/mol. The van der Waals surface area contributed by atoms with Gasteiger partial charge in [-0.2, -0.15) is 5.26 Å². The SMILES string of the molecule is N#CCCN(CC(=O)Nc1ccccc1Br)Cc1ccco1. The highest BCUT2D eigenvalue weighted by molar-refractivity contribution is 9.10. The van der Waals surface area contributed by atoms with E-state index in [9.17, 15) is 4.79 Å². The third-order valence-corrected chi connectivity index (χ3v) is 3.71. The quantitative estimate of drug-likeness (QED) is 0.820. The van der Waals surface area contributed by atoms with Crippen LogP contribution in [0.2, 0.25) is 0 Å². The van der Waals surface area contributed by atoms with Crippen molar-refractivity contribution < 1.29 is 9.21 Å². The van der Waals surface area contributed by atoms with Crippen LogP contribution < -0.4 is 5.32 Å². The number of benzene rings is 1. The number of rotatable bonds is 7. The minimum atomic E-state index is -0.128. The van der Waals surface area contributed by atoms with Crippen molar-refractivity contribution in [3.05, 3.63) is 52.9 Å². The van der Waals surface area contributed by atoms with Gasteiger partial charge in [0.05, 0.1) is 31.1 Å². The summed E-state index contributed by atoms with van der Waals surface area (Å²) in [6.45, 7) is 1.21. The lowest BCUT2D eigenvalue weighted by molar-refractivity contribution is -0.117. The second-order valence-electron chi connectivity index (χ2n) is 4.73. The second-order valence-corrected chi connectivity index (χ2v) is 5.58.